The molecular weight excluding hydrogens is 298 g/mol. The average Bonchev–Trinajstić information content (AvgIpc) is 2.54. The summed E-state index contributed by atoms with van der Waals surface area (Å²) in [5.74, 6) is 0.651. The highest BCUT2D eigenvalue weighted by atomic mass is 35.5. The molecule has 3 rings (SSSR count). The first kappa shape index (κ1) is 14.8. The molecule has 112 valence electrons. The number of aliphatic hydroxyl groups excluding tert-OH is 1. The predicted octanol–water partition coefficient (Wildman–Crippen LogP) is 4.00. The second-order valence-corrected chi connectivity index (χ2v) is 5.49. The fourth-order valence-corrected chi connectivity index (χ4v) is 2.59. The van der Waals surface area contributed by atoms with Crippen molar-refractivity contribution in [2.75, 3.05) is 6.61 Å². The molecule has 4 heteroatoms. The number of aromatic nitrogens is 1. The minimum atomic E-state index is 0.114. The summed E-state index contributed by atoms with van der Waals surface area (Å²) in [6.45, 7) is 0.569. The van der Waals surface area contributed by atoms with E-state index in [4.69, 9.17) is 21.4 Å². The highest BCUT2D eigenvalue weighted by Crippen LogP contribution is 2.27. The van der Waals surface area contributed by atoms with E-state index in [2.05, 4.69) is 11.1 Å². The van der Waals surface area contributed by atoms with Gasteiger partial charge in [-0.1, -0.05) is 29.8 Å². The van der Waals surface area contributed by atoms with Gasteiger partial charge in [0, 0.05) is 24.4 Å². The Hall–Kier alpha value is -2.10. The van der Waals surface area contributed by atoms with Gasteiger partial charge in [-0.3, -0.25) is 4.98 Å². The van der Waals surface area contributed by atoms with Crippen molar-refractivity contribution in [2.24, 2.45) is 0 Å². The molecular formula is C18H16ClNO2. The lowest BCUT2D eigenvalue weighted by Gasteiger charge is -2.10. The number of ether oxygens (including phenoxy) is 1. The minimum Gasteiger partial charge on any atom is -0.487 e. The van der Waals surface area contributed by atoms with Crippen molar-refractivity contribution < 1.29 is 9.84 Å². The second-order valence-electron chi connectivity index (χ2n) is 5.08. The van der Waals surface area contributed by atoms with Crippen LogP contribution in [0.5, 0.6) is 5.75 Å². The summed E-state index contributed by atoms with van der Waals surface area (Å²) in [5.41, 5.74) is 2.08. The monoisotopic (exact) mass is 313 g/mol. The van der Waals surface area contributed by atoms with Gasteiger partial charge in [-0.15, -0.1) is 0 Å². The Morgan fingerprint density at radius 2 is 1.86 bits per heavy atom. The number of pyridine rings is 1. The van der Waals surface area contributed by atoms with Crippen LogP contribution in [0.15, 0.2) is 54.9 Å². The summed E-state index contributed by atoms with van der Waals surface area (Å²) in [6, 6.07) is 13.7. The summed E-state index contributed by atoms with van der Waals surface area (Å²) in [6.07, 6.45) is 4.22. The first-order valence-electron chi connectivity index (χ1n) is 7.11. The lowest BCUT2D eigenvalue weighted by Crippen LogP contribution is -1.97. The Morgan fingerprint density at radius 1 is 1.00 bits per heavy atom. The molecule has 0 aliphatic carbocycles. The van der Waals surface area contributed by atoms with E-state index >= 15 is 0 Å². The minimum absolute atomic E-state index is 0.114. The van der Waals surface area contributed by atoms with E-state index in [1.165, 1.54) is 0 Å². The number of rotatable bonds is 5. The van der Waals surface area contributed by atoms with Crippen LogP contribution in [0.25, 0.3) is 10.8 Å². The van der Waals surface area contributed by atoms with E-state index < -0.39 is 0 Å². The molecule has 22 heavy (non-hydrogen) atoms. The third kappa shape index (κ3) is 3.38. The van der Waals surface area contributed by atoms with Gasteiger partial charge in [0.05, 0.1) is 5.02 Å². The van der Waals surface area contributed by atoms with Gasteiger partial charge >= 0.3 is 0 Å². The molecule has 3 nitrogen and oxygen atoms in total. The third-order valence-corrected chi connectivity index (χ3v) is 3.79. The molecule has 0 aliphatic rings. The van der Waals surface area contributed by atoms with Gasteiger partial charge in [0.15, 0.2) is 0 Å². The summed E-state index contributed by atoms with van der Waals surface area (Å²) >= 11 is 6.21. The van der Waals surface area contributed by atoms with Gasteiger partial charge < -0.3 is 9.84 Å². The van der Waals surface area contributed by atoms with Crippen molar-refractivity contribution in [2.45, 2.75) is 13.0 Å². The van der Waals surface area contributed by atoms with Crippen LogP contribution in [0.4, 0.5) is 0 Å². The van der Waals surface area contributed by atoms with Gasteiger partial charge in [0.2, 0.25) is 0 Å². The normalized spacial score (nSPS) is 10.8. The number of hydrogen-bond donors (Lipinski definition) is 1. The molecule has 0 saturated heterocycles. The third-order valence-electron chi connectivity index (χ3n) is 3.50. The maximum Gasteiger partial charge on any atom is 0.138 e. The SMILES string of the molecule is OCCc1ccc(OCc2ccc3cnccc3c2)c(Cl)c1. The molecule has 0 radical (unpaired) electrons. The number of aliphatic hydroxyl groups is 1. The largest absolute Gasteiger partial charge is 0.487 e. The zero-order valence-corrected chi connectivity index (χ0v) is 12.8. The lowest BCUT2D eigenvalue weighted by atomic mass is 10.1. The van der Waals surface area contributed by atoms with E-state index in [-0.39, 0.29) is 6.61 Å². The van der Waals surface area contributed by atoms with Crippen molar-refractivity contribution >= 4 is 22.4 Å². The Labute approximate surface area is 134 Å². The molecule has 0 unspecified atom stereocenters. The summed E-state index contributed by atoms with van der Waals surface area (Å²) < 4.78 is 5.79. The molecule has 0 aliphatic heterocycles. The maximum atomic E-state index is 8.94. The van der Waals surface area contributed by atoms with Crippen molar-refractivity contribution in [3.63, 3.8) is 0 Å². The standard InChI is InChI=1S/C18H16ClNO2/c19-17-10-13(6-8-21)2-4-18(17)22-12-14-1-3-16-11-20-7-5-15(16)9-14/h1-5,7,9-11,21H,6,8,12H2. The number of hydrogen-bond acceptors (Lipinski definition) is 3. The Morgan fingerprint density at radius 3 is 2.68 bits per heavy atom. The molecule has 0 saturated carbocycles. The number of nitrogens with zero attached hydrogens (tertiary/aromatic N) is 1. The zero-order valence-electron chi connectivity index (χ0n) is 12.0. The lowest BCUT2D eigenvalue weighted by molar-refractivity contribution is 0.298. The van der Waals surface area contributed by atoms with Crippen molar-refractivity contribution in [1.82, 2.24) is 4.98 Å². The van der Waals surface area contributed by atoms with Crippen LogP contribution < -0.4 is 4.74 Å². The molecule has 2 aromatic carbocycles. The van der Waals surface area contributed by atoms with E-state index in [0.717, 1.165) is 21.9 Å². The van der Waals surface area contributed by atoms with Crippen LogP contribution in [0.3, 0.4) is 0 Å². The topological polar surface area (TPSA) is 42.4 Å². The van der Waals surface area contributed by atoms with Gasteiger partial charge in [0.1, 0.15) is 12.4 Å². The number of halogens is 1. The maximum absolute atomic E-state index is 8.94. The van der Waals surface area contributed by atoms with Crippen molar-refractivity contribution in [1.29, 1.82) is 0 Å². The molecule has 0 bridgehead atoms. The van der Waals surface area contributed by atoms with Gasteiger partial charge in [-0.2, -0.15) is 0 Å². The Balaban J connectivity index is 1.73. The van der Waals surface area contributed by atoms with Crippen LogP contribution in [0.1, 0.15) is 11.1 Å². The van der Waals surface area contributed by atoms with Crippen LogP contribution in [-0.2, 0) is 13.0 Å². The first-order chi connectivity index (χ1) is 10.8. The van der Waals surface area contributed by atoms with E-state index in [0.29, 0.717) is 23.8 Å². The highest BCUT2D eigenvalue weighted by Gasteiger charge is 2.04. The summed E-state index contributed by atoms with van der Waals surface area (Å²) in [5, 5.41) is 11.8. The molecule has 0 spiro atoms. The van der Waals surface area contributed by atoms with Crippen molar-refractivity contribution in [3.05, 3.63) is 71.0 Å². The number of fused-ring (bicyclic) bond motifs is 1. The average molecular weight is 314 g/mol. The van der Waals surface area contributed by atoms with Crippen LogP contribution in [0.2, 0.25) is 5.02 Å². The summed E-state index contributed by atoms with van der Waals surface area (Å²) in [7, 11) is 0. The molecule has 0 atom stereocenters. The first-order valence-corrected chi connectivity index (χ1v) is 7.49. The van der Waals surface area contributed by atoms with Gasteiger partial charge in [-0.05, 0) is 47.2 Å². The Kier molecular flexibility index (Phi) is 4.56. The zero-order chi connectivity index (χ0) is 15.4. The summed E-state index contributed by atoms with van der Waals surface area (Å²) in [4.78, 5) is 4.10. The van der Waals surface area contributed by atoms with Gasteiger partial charge in [-0.25, -0.2) is 0 Å². The Bertz CT molecular complexity index is 789. The number of benzene rings is 2. The fourth-order valence-electron chi connectivity index (χ4n) is 2.33. The molecule has 1 N–H and O–H groups in total. The van der Waals surface area contributed by atoms with E-state index in [9.17, 15) is 0 Å². The van der Waals surface area contributed by atoms with E-state index in [1.807, 2.05) is 42.6 Å². The molecule has 3 aromatic rings. The predicted molar refractivity (Wildman–Crippen MR) is 88.3 cm³/mol. The quantitative estimate of drug-likeness (QED) is 0.774. The molecule has 0 amide bonds. The van der Waals surface area contributed by atoms with Crippen LogP contribution in [0, 0.1) is 0 Å². The molecule has 1 heterocycles. The fraction of sp³-hybridized carbons (Fsp3) is 0.167. The van der Waals surface area contributed by atoms with Crippen molar-refractivity contribution in [3.8, 4) is 5.75 Å². The second kappa shape index (κ2) is 6.77. The van der Waals surface area contributed by atoms with E-state index in [1.54, 1.807) is 6.20 Å². The highest BCUT2D eigenvalue weighted by molar-refractivity contribution is 6.32. The smallest absolute Gasteiger partial charge is 0.138 e. The van der Waals surface area contributed by atoms with Gasteiger partial charge in [0.25, 0.3) is 0 Å². The van der Waals surface area contributed by atoms with Crippen LogP contribution >= 0.6 is 11.6 Å². The van der Waals surface area contributed by atoms with Crippen LogP contribution in [-0.4, -0.2) is 16.7 Å². The molecule has 1 aromatic heterocycles. The molecule has 0 fully saturated rings.